The Labute approximate surface area is 161 Å². The van der Waals surface area contributed by atoms with E-state index < -0.39 is 5.60 Å². The molecule has 0 saturated carbocycles. The number of ether oxygens (including phenoxy) is 3. The van der Waals surface area contributed by atoms with Crippen molar-refractivity contribution in [1.29, 1.82) is 0 Å². The zero-order valence-electron chi connectivity index (χ0n) is 16.6. The molecule has 0 radical (unpaired) electrons. The second-order valence-electron chi connectivity index (χ2n) is 8.15. The molecule has 0 aromatic heterocycles. The summed E-state index contributed by atoms with van der Waals surface area (Å²) in [6, 6.07) is 0. The van der Waals surface area contributed by atoms with Crippen molar-refractivity contribution < 1.29 is 23.8 Å². The van der Waals surface area contributed by atoms with Gasteiger partial charge in [0.25, 0.3) is 0 Å². The predicted molar refractivity (Wildman–Crippen MR) is 102 cm³/mol. The minimum Gasteiger partial charge on any atom is -0.463 e. The molecule has 0 amide bonds. The van der Waals surface area contributed by atoms with Crippen LogP contribution in [0.4, 0.5) is 0 Å². The molecule has 0 spiro atoms. The first-order chi connectivity index (χ1) is 12.8. The van der Waals surface area contributed by atoms with E-state index in [2.05, 4.69) is 32.6 Å². The molecule has 3 aliphatic rings. The molecule has 0 N–H and O–H groups in total. The van der Waals surface area contributed by atoms with Crippen molar-refractivity contribution in [1.82, 2.24) is 0 Å². The summed E-state index contributed by atoms with van der Waals surface area (Å²) < 4.78 is 16.9. The lowest BCUT2D eigenvalue weighted by Crippen LogP contribution is -2.27. The molecule has 0 bridgehead atoms. The van der Waals surface area contributed by atoms with E-state index in [-0.39, 0.29) is 36.7 Å². The molecule has 3 rings (SSSR count). The second kappa shape index (κ2) is 8.01. The summed E-state index contributed by atoms with van der Waals surface area (Å²) in [6.45, 7) is 9.88. The van der Waals surface area contributed by atoms with E-state index in [0.29, 0.717) is 12.0 Å². The quantitative estimate of drug-likeness (QED) is 0.316. The molecular weight excluding hydrogens is 344 g/mol. The maximum absolute atomic E-state index is 12.1. The zero-order chi connectivity index (χ0) is 19.6. The Morgan fingerprint density at radius 2 is 2.04 bits per heavy atom. The number of carbonyl (C=O) groups excluding carboxylic acids is 2. The summed E-state index contributed by atoms with van der Waals surface area (Å²) in [5.41, 5.74) is 2.68. The summed E-state index contributed by atoms with van der Waals surface area (Å²) >= 11 is 0. The van der Waals surface area contributed by atoms with Gasteiger partial charge in [-0.15, -0.1) is 0 Å². The van der Waals surface area contributed by atoms with E-state index in [1.807, 2.05) is 0 Å². The number of epoxide rings is 1. The summed E-state index contributed by atoms with van der Waals surface area (Å²) in [5, 5.41) is 0. The van der Waals surface area contributed by atoms with Gasteiger partial charge in [-0.3, -0.25) is 4.79 Å². The third-order valence-electron chi connectivity index (χ3n) is 5.93. The molecule has 4 unspecified atom stereocenters. The molecule has 0 aromatic rings. The van der Waals surface area contributed by atoms with Crippen LogP contribution in [-0.2, 0) is 23.8 Å². The largest absolute Gasteiger partial charge is 0.463 e. The topological polar surface area (TPSA) is 65.1 Å². The monoisotopic (exact) mass is 374 g/mol. The molecule has 148 valence electrons. The Morgan fingerprint density at radius 1 is 1.30 bits per heavy atom. The number of rotatable bonds is 2. The number of hydrogen-bond acceptors (Lipinski definition) is 5. The normalized spacial score (nSPS) is 34.4. The molecule has 2 heterocycles. The van der Waals surface area contributed by atoms with Gasteiger partial charge in [-0.05, 0) is 46.0 Å². The average Bonchev–Trinajstić information content (AvgIpc) is 3.21. The molecule has 27 heavy (non-hydrogen) atoms. The van der Waals surface area contributed by atoms with Crippen LogP contribution in [0.3, 0.4) is 0 Å². The summed E-state index contributed by atoms with van der Waals surface area (Å²) in [5.74, 6) is -0.650. The first-order valence-electron chi connectivity index (χ1n) is 9.83. The van der Waals surface area contributed by atoms with E-state index in [0.717, 1.165) is 32.1 Å². The Balaban J connectivity index is 1.80. The van der Waals surface area contributed by atoms with Gasteiger partial charge in [-0.2, -0.15) is 0 Å². The lowest BCUT2D eigenvalue weighted by atomic mass is 9.85. The van der Waals surface area contributed by atoms with E-state index in [1.54, 1.807) is 0 Å². The van der Waals surface area contributed by atoms with Crippen LogP contribution in [-0.4, -0.2) is 36.4 Å². The number of fused-ring (bicyclic) bond motifs is 2. The van der Waals surface area contributed by atoms with Crippen LogP contribution in [0.15, 0.2) is 35.5 Å². The molecule has 5 heteroatoms. The SMILES string of the molecule is C=C1C(=O)OC2CC(C)=CCCC(C)=CCCC3(COC(C)=O)OC3CC12. The average molecular weight is 374 g/mol. The van der Waals surface area contributed by atoms with E-state index in [4.69, 9.17) is 14.2 Å². The molecule has 2 saturated heterocycles. The fraction of sp³-hybridized carbons (Fsp3) is 0.636. The maximum Gasteiger partial charge on any atom is 0.334 e. The second-order valence-corrected chi connectivity index (χ2v) is 8.15. The highest BCUT2D eigenvalue weighted by Gasteiger charge is 2.58. The van der Waals surface area contributed by atoms with Crippen LogP contribution in [0, 0.1) is 5.92 Å². The highest BCUT2D eigenvalue weighted by molar-refractivity contribution is 5.90. The molecule has 1 aliphatic carbocycles. The number of carbonyl (C=O) groups is 2. The lowest BCUT2D eigenvalue weighted by Gasteiger charge is -2.19. The third kappa shape index (κ3) is 4.70. The third-order valence-corrected chi connectivity index (χ3v) is 5.93. The molecule has 2 fully saturated rings. The minimum absolute atomic E-state index is 0.0449. The summed E-state index contributed by atoms with van der Waals surface area (Å²) in [4.78, 5) is 23.4. The Morgan fingerprint density at radius 3 is 2.78 bits per heavy atom. The van der Waals surface area contributed by atoms with Crippen molar-refractivity contribution in [3.05, 3.63) is 35.5 Å². The van der Waals surface area contributed by atoms with Crippen LogP contribution < -0.4 is 0 Å². The van der Waals surface area contributed by atoms with Gasteiger partial charge in [0.05, 0.1) is 6.10 Å². The van der Waals surface area contributed by atoms with Crippen LogP contribution >= 0.6 is 0 Å². The van der Waals surface area contributed by atoms with Gasteiger partial charge in [0, 0.05) is 24.8 Å². The summed E-state index contributed by atoms with van der Waals surface area (Å²) in [6.07, 6.45) is 9.35. The predicted octanol–water partition coefficient (Wildman–Crippen LogP) is 4.03. The fourth-order valence-corrected chi connectivity index (χ4v) is 4.15. The van der Waals surface area contributed by atoms with Crippen molar-refractivity contribution >= 4 is 11.9 Å². The first kappa shape index (κ1) is 19.9. The van der Waals surface area contributed by atoms with Crippen LogP contribution in [0.5, 0.6) is 0 Å². The van der Waals surface area contributed by atoms with Gasteiger partial charge in [0.1, 0.15) is 18.3 Å². The molecule has 2 aliphatic heterocycles. The zero-order valence-corrected chi connectivity index (χ0v) is 16.6. The van der Waals surface area contributed by atoms with E-state index in [9.17, 15) is 9.59 Å². The lowest BCUT2D eigenvalue weighted by molar-refractivity contribution is -0.143. The van der Waals surface area contributed by atoms with Crippen molar-refractivity contribution in [3.8, 4) is 0 Å². The van der Waals surface area contributed by atoms with Crippen molar-refractivity contribution in [2.45, 2.75) is 77.1 Å². The van der Waals surface area contributed by atoms with E-state index in [1.165, 1.54) is 18.1 Å². The smallest absolute Gasteiger partial charge is 0.334 e. The Kier molecular flexibility index (Phi) is 5.89. The van der Waals surface area contributed by atoms with E-state index >= 15 is 0 Å². The number of hydrogen-bond donors (Lipinski definition) is 0. The number of esters is 2. The Hall–Kier alpha value is -1.88. The minimum atomic E-state index is -0.450. The van der Waals surface area contributed by atoms with Crippen LogP contribution in [0.2, 0.25) is 0 Å². The molecule has 0 aromatic carbocycles. The molecule has 4 atom stereocenters. The van der Waals surface area contributed by atoms with Crippen molar-refractivity contribution in [2.24, 2.45) is 5.92 Å². The van der Waals surface area contributed by atoms with Crippen LogP contribution in [0.25, 0.3) is 0 Å². The van der Waals surface area contributed by atoms with Gasteiger partial charge >= 0.3 is 11.9 Å². The first-order valence-corrected chi connectivity index (χ1v) is 9.83. The van der Waals surface area contributed by atoms with Gasteiger partial charge in [-0.25, -0.2) is 4.79 Å². The fourth-order valence-electron chi connectivity index (χ4n) is 4.15. The highest BCUT2D eigenvalue weighted by atomic mass is 16.6. The van der Waals surface area contributed by atoms with Crippen molar-refractivity contribution in [2.75, 3.05) is 6.61 Å². The molecule has 5 nitrogen and oxygen atoms in total. The summed E-state index contributed by atoms with van der Waals surface area (Å²) in [7, 11) is 0. The van der Waals surface area contributed by atoms with Gasteiger partial charge in [-0.1, -0.05) is 29.9 Å². The van der Waals surface area contributed by atoms with Gasteiger partial charge < -0.3 is 14.2 Å². The Bertz CT molecular complexity index is 689. The highest BCUT2D eigenvalue weighted by Crippen LogP contribution is 2.48. The maximum atomic E-state index is 12.1. The molecular formula is C22H30O5. The number of allylic oxidation sites excluding steroid dienone is 3. The van der Waals surface area contributed by atoms with Gasteiger partial charge in [0.2, 0.25) is 0 Å². The standard InChI is InChI=1S/C22H30O5/c1-14-7-5-8-15(2)11-19-18(16(3)21(24)26-19)12-20-22(27-20,10-6-9-14)13-25-17(4)23/h8-9,18-20H,3,5-7,10-13H2,1-2,4H3. The van der Waals surface area contributed by atoms with Gasteiger partial charge in [0.15, 0.2) is 0 Å². The van der Waals surface area contributed by atoms with Crippen LogP contribution in [0.1, 0.15) is 59.3 Å². The van der Waals surface area contributed by atoms with Crippen molar-refractivity contribution in [3.63, 3.8) is 0 Å².